The average Bonchev–Trinajstić information content (AvgIpc) is 2.54. The van der Waals surface area contributed by atoms with Crippen LogP contribution in [0.1, 0.15) is 46.0 Å². The normalized spacial score (nSPS) is 24.5. The maximum atomic E-state index is 9.94. The summed E-state index contributed by atoms with van der Waals surface area (Å²) in [6.07, 6.45) is 6.22. The SMILES string of the molecule is CCCNCC(O)CN1CCCC(CC)CC1. The molecular weight excluding hydrogens is 212 g/mol. The predicted octanol–water partition coefficient (Wildman–Crippen LogP) is 1.86. The van der Waals surface area contributed by atoms with E-state index >= 15 is 0 Å². The summed E-state index contributed by atoms with van der Waals surface area (Å²) in [5.74, 6) is 0.912. The number of nitrogens with one attached hydrogen (secondary N) is 1. The molecule has 0 aromatic rings. The molecule has 0 aromatic heterocycles. The summed E-state index contributed by atoms with van der Waals surface area (Å²) >= 11 is 0. The van der Waals surface area contributed by atoms with Crippen molar-refractivity contribution in [3.05, 3.63) is 0 Å². The highest BCUT2D eigenvalue weighted by molar-refractivity contribution is 4.72. The number of β-amino-alcohol motifs (C(OH)–C–C–N with tert-alkyl or cyclic N) is 1. The van der Waals surface area contributed by atoms with Gasteiger partial charge in [0.2, 0.25) is 0 Å². The third-order valence-corrected chi connectivity index (χ3v) is 3.79. The van der Waals surface area contributed by atoms with Gasteiger partial charge in [0.25, 0.3) is 0 Å². The molecule has 0 aliphatic carbocycles. The lowest BCUT2D eigenvalue weighted by Crippen LogP contribution is -2.39. The van der Waals surface area contributed by atoms with Gasteiger partial charge in [0.1, 0.15) is 0 Å². The van der Waals surface area contributed by atoms with Crippen molar-refractivity contribution in [3.8, 4) is 0 Å². The summed E-state index contributed by atoms with van der Waals surface area (Å²) in [6.45, 7) is 9.37. The van der Waals surface area contributed by atoms with Crippen LogP contribution in [0.3, 0.4) is 0 Å². The van der Waals surface area contributed by atoms with Crippen LogP contribution in [0.4, 0.5) is 0 Å². The van der Waals surface area contributed by atoms with Crippen LogP contribution in [0.15, 0.2) is 0 Å². The first-order chi connectivity index (χ1) is 8.26. The molecule has 3 heteroatoms. The summed E-state index contributed by atoms with van der Waals surface area (Å²) in [4.78, 5) is 2.44. The van der Waals surface area contributed by atoms with E-state index in [1.165, 1.54) is 38.8 Å². The molecule has 1 heterocycles. The summed E-state index contributed by atoms with van der Waals surface area (Å²) in [6, 6.07) is 0. The first-order valence-corrected chi connectivity index (χ1v) is 7.37. The van der Waals surface area contributed by atoms with Crippen LogP contribution < -0.4 is 5.32 Å². The standard InChI is InChI=1S/C14H30N2O/c1-3-8-15-11-14(17)12-16-9-5-6-13(4-2)7-10-16/h13-15,17H,3-12H2,1-2H3. The Morgan fingerprint density at radius 2 is 2.12 bits per heavy atom. The molecule has 1 rings (SSSR count). The molecule has 1 aliphatic heterocycles. The highest BCUT2D eigenvalue weighted by atomic mass is 16.3. The van der Waals surface area contributed by atoms with E-state index in [1.807, 2.05) is 0 Å². The zero-order valence-corrected chi connectivity index (χ0v) is 11.6. The molecule has 0 bridgehead atoms. The molecule has 2 N–H and O–H groups in total. The van der Waals surface area contributed by atoms with Crippen molar-refractivity contribution < 1.29 is 5.11 Å². The van der Waals surface area contributed by atoms with Gasteiger partial charge >= 0.3 is 0 Å². The largest absolute Gasteiger partial charge is 0.390 e. The lowest BCUT2D eigenvalue weighted by molar-refractivity contribution is 0.112. The lowest BCUT2D eigenvalue weighted by atomic mass is 9.98. The van der Waals surface area contributed by atoms with Crippen molar-refractivity contribution >= 4 is 0 Å². The van der Waals surface area contributed by atoms with Gasteiger partial charge in [0, 0.05) is 13.1 Å². The first kappa shape index (κ1) is 14.9. The Labute approximate surface area is 107 Å². The van der Waals surface area contributed by atoms with Gasteiger partial charge in [0.15, 0.2) is 0 Å². The van der Waals surface area contributed by atoms with E-state index in [-0.39, 0.29) is 6.10 Å². The van der Waals surface area contributed by atoms with E-state index in [0.29, 0.717) is 0 Å². The summed E-state index contributed by atoms with van der Waals surface area (Å²) in [5, 5.41) is 13.2. The lowest BCUT2D eigenvalue weighted by Gasteiger charge is -2.23. The van der Waals surface area contributed by atoms with Gasteiger partial charge in [0.05, 0.1) is 6.10 Å². The van der Waals surface area contributed by atoms with E-state index in [4.69, 9.17) is 0 Å². The topological polar surface area (TPSA) is 35.5 Å². The van der Waals surface area contributed by atoms with E-state index < -0.39 is 0 Å². The Morgan fingerprint density at radius 3 is 2.82 bits per heavy atom. The smallest absolute Gasteiger partial charge is 0.0791 e. The first-order valence-electron chi connectivity index (χ1n) is 7.37. The highest BCUT2D eigenvalue weighted by Gasteiger charge is 2.17. The minimum atomic E-state index is -0.209. The van der Waals surface area contributed by atoms with E-state index in [9.17, 15) is 5.11 Å². The van der Waals surface area contributed by atoms with Crippen molar-refractivity contribution in [2.75, 3.05) is 32.7 Å². The van der Waals surface area contributed by atoms with Gasteiger partial charge in [-0.05, 0) is 51.2 Å². The van der Waals surface area contributed by atoms with Gasteiger partial charge in [-0.1, -0.05) is 20.3 Å². The number of nitrogens with zero attached hydrogens (tertiary/aromatic N) is 1. The van der Waals surface area contributed by atoms with Gasteiger partial charge in [-0.2, -0.15) is 0 Å². The van der Waals surface area contributed by atoms with Crippen LogP contribution in [-0.4, -0.2) is 48.8 Å². The van der Waals surface area contributed by atoms with Crippen LogP contribution in [0.5, 0.6) is 0 Å². The fourth-order valence-corrected chi connectivity index (χ4v) is 2.62. The molecular formula is C14H30N2O. The fourth-order valence-electron chi connectivity index (χ4n) is 2.62. The Hall–Kier alpha value is -0.120. The average molecular weight is 242 g/mol. The number of aliphatic hydroxyl groups excluding tert-OH is 1. The Bertz CT molecular complexity index is 187. The van der Waals surface area contributed by atoms with Crippen LogP contribution in [0.2, 0.25) is 0 Å². The second kappa shape index (κ2) is 8.90. The Balaban J connectivity index is 2.17. The predicted molar refractivity (Wildman–Crippen MR) is 73.2 cm³/mol. The van der Waals surface area contributed by atoms with E-state index in [1.54, 1.807) is 0 Å². The molecule has 3 nitrogen and oxygen atoms in total. The van der Waals surface area contributed by atoms with Crippen molar-refractivity contribution in [2.24, 2.45) is 5.92 Å². The number of hydrogen-bond donors (Lipinski definition) is 2. The second-order valence-corrected chi connectivity index (χ2v) is 5.36. The molecule has 1 aliphatic rings. The number of rotatable bonds is 7. The molecule has 17 heavy (non-hydrogen) atoms. The minimum Gasteiger partial charge on any atom is -0.390 e. The second-order valence-electron chi connectivity index (χ2n) is 5.36. The fraction of sp³-hybridized carbons (Fsp3) is 1.00. The Morgan fingerprint density at radius 1 is 1.29 bits per heavy atom. The minimum absolute atomic E-state index is 0.209. The zero-order chi connectivity index (χ0) is 12.5. The van der Waals surface area contributed by atoms with Crippen LogP contribution >= 0.6 is 0 Å². The Kier molecular flexibility index (Phi) is 7.82. The maximum absolute atomic E-state index is 9.94. The van der Waals surface area contributed by atoms with Crippen LogP contribution in [0, 0.1) is 5.92 Å². The van der Waals surface area contributed by atoms with E-state index in [2.05, 4.69) is 24.1 Å². The van der Waals surface area contributed by atoms with Gasteiger partial charge in [-0.3, -0.25) is 0 Å². The summed E-state index contributed by atoms with van der Waals surface area (Å²) in [7, 11) is 0. The van der Waals surface area contributed by atoms with Crippen LogP contribution in [-0.2, 0) is 0 Å². The molecule has 0 radical (unpaired) electrons. The molecule has 1 saturated heterocycles. The zero-order valence-electron chi connectivity index (χ0n) is 11.6. The molecule has 0 saturated carbocycles. The molecule has 102 valence electrons. The molecule has 0 spiro atoms. The van der Waals surface area contributed by atoms with Crippen molar-refractivity contribution in [2.45, 2.75) is 52.1 Å². The monoisotopic (exact) mass is 242 g/mol. The molecule has 2 atom stereocenters. The van der Waals surface area contributed by atoms with Crippen molar-refractivity contribution in [1.82, 2.24) is 10.2 Å². The molecule has 0 aromatic carbocycles. The number of likely N-dealkylation sites (tertiary alicyclic amines) is 1. The van der Waals surface area contributed by atoms with Crippen molar-refractivity contribution in [3.63, 3.8) is 0 Å². The van der Waals surface area contributed by atoms with Crippen LogP contribution in [0.25, 0.3) is 0 Å². The quantitative estimate of drug-likeness (QED) is 0.669. The number of aliphatic hydroxyl groups is 1. The highest BCUT2D eigenvalue weighted by Crippen LogP contribution is 2.20. The van der Waals surface area contributed by atoms with Crippen molar-refractivity contribution in [1.29, 1.82) is 0 Å². The molecule has 1 fully saturated rings. The van der Waals surface area contributed by atoms with Gasteiger partial charge in [-0.15, -0.1) is 0 Å². The third-order valence-electron chi connectivity index (χ3n) is 3.79. The summed E-state index contributed by atoms with van der Waals surface area (Å²) in [5.41, 5.74) is 0. The maximum Gasteiger partial charge on any atom is 0.0791 e. The van der Waals surface area contributed by atoms with Gasteiger partial charge < -0.3 is 15.3 Å². The van der Waals surface area contributed by atoms with Gasteiger partial charge in [-0.25, -0.2) is 0 Å². The molecule has 0 amide bonds. The number of hydrogen-bond acceptors (Lipinski definition) is 3. The van der Waals surface area contributed by atoms with E-state index in [0.717, 1.165) is 32.0 Å². The summed E-state index contributed by atoms with van der Waals surface area (Å²) < 4.78 is 0. The third kappa shape index (κ3) is 6.39. The molecule has 2 unspecified atom stereocenters.